The van der Waals surface area contributed by atoms with Crippen molar-refractivity contribution in [3.8, 4) is 0 Å². The molecule has 0 spiro atoms. The number of hydrogen-bond donors (Lipinski definition) is 2. The van der Waals surface area contributed by atoms with Crippen molar-refractivity contribution in [2.24, 2.45) is 0 Å². The topological polar surface area (TPSA) is 86.3 Å². The summed E-state index contributed by atoms with van der Waals surface area (Å²) in [6, 6.07) is 0. The molecule has 0 unspecified atom stereocenters. The number of nitrogens with one attached hydrogen (secondary N) is 1. The lowest BCUT2D eigenvalue weighted by molar-refractivity contribution is 0.186. The third kappa shape index (κ3) is 9.83. The second-order valence-electron chi connectivity index (χ2n) is 2.13. The average molecular weight is 182 g/mol. The van der Waals surface area contributed by atoms with Crippen molar-refractivity contribution in [2.45, 2.75) is 19.3 Å². The van der Waals surface area contributed by atoms with Crippen molar-refractivity contribution in [3.05, 3.63) is 0 Å². The third-order valence-electron chi connectivity index (χ3n) is 1.11. The van der Waals surface area contributed by atoms with Gasteiger partial charge in [0, 0.05) is 6.54 Å². The van der Waals surface area contributed by atoms with Gasteiger partial charge in [0.2, 0.25) is 0 Å². The number of hydrogen-bond acceptors (Lipinski definition) is 2. The van der Waals surface area contributed by atoms with Crippen LogP contribution in [0.15, 0.2) is 0 Å². The molecule has 67 valence electrons. The van der Waals surface area contributed by atoms with Gasteiger partial charge in [-0.1, -0.05) is 0 Å². The second-order valence-corrected chi connectivity index (χ2v) is 3.37. The highest BCUT2D eigenvalue weighted by Gasteiger charge is 1.99. The Morgan fingerprint density at radius 1 is 1.18 bits per heavy atom. The first-order chi connectivity index (χ1) is 5.06. The van der Waals surface area contributed by atoms with Gasteiger partial charge < -0.3 is 0 Å². The van der Waals surface area contributed by atoms with E-state index in [4.69, 9.17) is 4.55 Å². The summed E-state index contributed by atoms with van der Waals surface area (Å²) in [6.07, 6.45) is 1.82. The fraction of sp³-hybridized carbons (Fsp3) is 1.00. The maximum Gasteiger partial charge on any atom is 0.333 e. The van der Waals surface area contributed by atoms with Gasteiger partial charge in [-0.15, -0.1) is 0 Å². The summed E-state index contributed by atoms with van der Waals surface area (Å²) in [4.78, 5) is 0. The first kappa shape index (κ1) is 10.8. The van der Waals surface area contributed by atoms with Crippen LogP contribution in [0, 0.1) is 0 Å². The molecule has 0 saturated heterocycles. The Balaban J connectivity index is 3.16. The molecular formula is C5H12NO4S. The van der Waals surface area contributed by atoms with Crippen LogP contribution in [0.3, 0.4) is 0 Å². The number of unbranched alkanes of at least 4 members (excludes halogenated alkanes) is 2. The van der Waals surface area contributed by atoms with Crippen LogP contribution in [-0.2, 0) is 15.4 Å². The SMILES string of the molecule is [O]CCCCCNS(=O)(=O)O. The van der Waals surface area contributed by atoms with Gasteiger partial charge in [0.25, 0.3) is 0 Å². The molecule has 5 nitrogen and oxygen atoms in total. The van der Waals surface area contributed by atoms with Crippen LogP contribution >= 0.6 is 0 Å². The van der Waals surface area contributed by atoms with Crippen LogP contribution in [0.1, 0.15) is 19.3 Å². The average Bonchev–Trinajstić information content (AvgIpc) is 1.85. The minimum absolute atomic E-state index is 0.133. The zero-order chi connectivity index (χ0) is 8.74. The fourth-order valence-corrected chi connectivity index (χ4v) is 1.01. The van der Waals surface area contributed by atoms with E-state index in [-0.39, 0.29) is 13.2 Å². The minimum Gasteiger partial charge on any atom is -0.273 e. The maximum absolute atomic E-state index is 10.0. The molecule has 0 aromatic carbocycles. The maximum atomic E-state index is 10.0. The normalized spacial score (nSPS) is 11.8. The largest absolute Gasteiger partial charge is 0.333 e. The smallest absolute Gasteiger partial charge is 0.273 e. The molecule has 0 aliphatic heterocycles. The van der Waals surface area contributed by atoms with E-state index in [9.17, 15) is 13.5 Å². The zero-order valence-corrected chi connectivity index (χ0v) is 6.93. The van der Waals surface area contributed by atoms with Crippen LogP contribution in [0.2, 0.25) is 0 Å². The highest BCUT2D eigenvalue weighted by molar-refractivity contribution is 7.83. The molecule has 11 heavy (non-hydrogen) atoms. The monoisotopic (exact) mass is 182 g/mol. The van der Waals surface area contributed by atoms with Crippen LogP contribution in [0.25, 0.3) is 0 Å². The molecule has 0 bridgehead atoms. The molecule has 6 heteroatoms. The first-order valence-corrected chi connectivity index (χ1v) is 4.80. The van der Waals surface area contributed by atoms with E-state index in [0.717, 1.165) is 0 Å². The van der Waals surface area contributed by atoms with Crippen molar-refractivity contribution in [1.82, 2.24) is 4.72 Å². The Morgan fingerprint density at radius 2 is 1.82 bits per heavy atom. The van der Waals surface area contributed by atoms with E-state index in [0.29, 0.717) is 19.3 Å². The van der Waals surface area contributed by atoms with Gasteiger partial charge >= 0.3 is 10.3 Å². The number of rotatable bonds is 6. The molecule has 0 aromatic rings. The quantitative estimate of drug-likeness (QED) is 0.447. The van der Waals surface area contributed by atoms with Crippen molar-refractivity contribution in [1.29, 1.82) is 0 Å². The summed E-state index contributed by atoms with van der Waals surface area (Å²) in [6.45, 7) is 0.0602. The Morgan fingerprint density at radius 3 is 2.27 bits per heavy atom. The lowest BCUT2D eigenvalue weighted by atomic mass is 10.2. The molecule has 2 N–H and O–H groups in total. The van der Waals surface area contributed by atoms with Crippen molar-refractivity contribution in [2.75, 3.05) is 13.2 Å². The van der Waals surface area contributed by atoms with Crippen molar-refractivity contribution < 1.29 is 18.1 Å². The van der Waals surface area contributed by atoms with E-state index in [1.807, 2.05) is 4.72 Å². The fourth-order valence-electron chi connectivity index (χ4n) is 0.605. The standard InChI is InChI=1S/C5H12NO4S/c7-5-3-1-2-4-6-11(8,9)10/h6H,1-5H2,(H,8,9,10). The zero-order valence-electron chi connectivity index (χ0n) is 6.12. The van der Waals surface area contributed by atoms with Gasteiger partial charge in [0.15, 0.2) is 0 Å². The Hall–Kier alpha value is -0.170. The molecule has 0 heterocycles. The Kier molecular flexibility index (Phi) is 5.39. The molecule has 0 aliphatic carbocycles. The van der Waals surface area contributed by atoms with Gasteiger partial charge in [-0.05, 0) is 19.3 Å². The minimum atomic E-state index is -4.04. The summed E-state index contributed by atoms with van der Waals surface area (Å²) in [7, 11) is -4.04. The highest BCUT2D eigenvalue weighted by atomic mass is 32.2. The lowest BCUT2D eigenvalue weighted by Crippen LogP contribution is -2.23. The lowest BCUT2D eigenvalue weighted by Gasteiger charge is -1.98. The van der Waals surface area contributed by atoms with Gasteiger partial charge in [-0.25, -0.2) is 5.11 Å². The summed E-state index contributed by atoms with van der Waals surface area (Å²) in [5, 5.41) is 9.90. The second kappa shape index (κ2) is 5.48. The molecule has 0 aliphatic rings. The van der Waals surface area contributed by atoms with Crippen LogP contribution in [-0.4, -0.2) is 26.1 Å². The van der Waals surface area contributed by atoms with Crippen molar-refractivity contribution in [3.63, 3.8) is 0 Å². The molecule has 0 rings (SSSR count). The summed E-state index contributed by atoms with van der Waals surface area (Å²) in [5.41, 5.74) is 0. The van der Waals surface area contributed by atoms with Crippen LogP contribution in [0.4, 0.5) is 0 Å². The van der Waals surface area contributed by atoms with Gasteiger partial charge in [-0.2, -0.15) is 13.1 Å². The molecule has 0 atom stereocenters. The Labute approximate surface area is 66.3 Å². The third-order valence-corrected chi connectivity index (χ3v) is 1.67. The van der Waals surface area contributed by atoms with E-state index in [1.54, 1.807) is 0 Å². The summed E-state index contributed by atoms with van der Waals surface area (Å²) in [5.74, 6) is 0. The van der Waals surface area contributed by atoms with Crippen LogP contribution in [0.5, 0.6) is 0 Å². The van der Waals surface area contributed by atoms with E-state index in [1.165, 1.54) is 0 Å². The Bertz CT molecular complexity index is 177. The predicted molar refractivity (Wildman–Crippen MR) is 39.0 cm³/mol. The molecule has 0 saturated carbocycles. The van der Waals surface area contributed by atoms with E-state index in [2.05, 4.69) is 0 Å². The predicted octanol–water partition coefficient (Wildman–Crippen LogP) is -0.0204. The molecule has 0 fully saturated rings. The van der Waals surface area contributed by atoms with Crippen LogP contribution < -0.4 is 4.72 Å². The molecule has 1 radical (unpaired) electrons. The molecule has 0 aromatic heterocycles. The summed E-state index contributed by atoms with van der Waals surface area (Å²) < 4.78 is 30.2. The first-order valence-electron chi connectivity index (χ1n) is 3.36. The molecule has 0 amide bonds. The van der Waals surface area contributed by atoms with E-state index < -0.39 is 10.3 Å². The van der Waals surface area contributed by atoms with Gasteiger partial charge in [0.05, 0.1) is 6.61 Å². The highest BCUT2D eigenvalue weighted by Crippen LogP contribution is 1.92. The molecular weight excluding hydrogens is 170 g/mol. The van der Waals surface area contributed by atoms with Gasteiger partial charge in [-0.3, -0.25) is 4.55 Å². The van der Waals surface area contributed by atoms with Crippen molar-refractivity contribution >= 4 is 10.3 Å². The summed E-state index contributed by atoms with van der Waals surface area (Å²) >= 11 is 0. The van der Waals surface area contributed by atoms with Gasteiger partial charge in [0.1, 0.15) is 0 Å². The van der Waals surface area contributed by atoms with E-state index >= 15 is 0 Å².